The van der Waals surface area contributed by atoms with Gasteiger partial charge in [-0.05, 0) is 48.5 Å². The van der Waals surface area contributed by atoms with Gasteiger partial charge in [-0.2, -0.15) is 0 Å². The number of amides is 4. The van der Waals surface area contributed by atoms with E-state index < -0.39 is 23.6 Å². The van der Waals surface area contributed by atoms with Gasteiger partial charge in [0.2, 0.25) is 0 Å². The molecule has 0 aliphatic carbocycles. The van der Waals surface area contributed by atoms with Gasteiger partial charge in [0.15, 0.2) is 0 Å². The first-order valence-electron chi connectivity index (χ1n) is 9.77. The van der Waals surface area contributed by atoms with Gasteiger partial charge >= 0.3 is 0 Å². The van der Waals surface area contributed by atoms with Gasteiger partial charge in [-0.15, -0.1) is 0 Å². The second-order valence-corrected chi connectivity index (χ2v) is 7.34. The van der Waals surface area contributed by atoms with Crippen molar-refractivity contribution in [2.45, 2.75) is 0 Å². The molecule has 0 radical (unpaired) electrons. The lowest BCUT2D eigenvalue weighted by Gasteiger charge is -2.31. The van der Waals surface area contributed by atoms with Gasteiger partial charge in [0.1, 0.15) is 11.6 Å². The summed E-state index contributed by atoms with van der Waals surface area (Å²) < 4.78 is 0. The summed E-state index contributed by atoms with van der Waals surface area (Å²) in [4.78, 5) is 63.3. The fourth-order valence-corrected chi connectivity index (χ4v) is 4.26. The highest BCUT2D eigenvalue weighted by atomic mass is 16.2. The molecule has 4 aromatic rings. The largest absolute Gasteiger partial charge is 0.268 e. The Hall–Kier alpha value is -4.72. The van der Waals surface area contributed by atoms with Crippen molar-refractivity contribution in [3.8, 4) is 0 Å². The van der Waals surface area contributed by atoms with Gasteiger partial charge < -0.3 is 0 Å². The van der Waals surface area contributed by atoms with E-state index in [0.717, 1.165) is 9.80 Å². The first-order valence-corrected chi connectivity index (χ1v) is 9.77. The van der Waals surface area contributed by atoms with Crippen molar-refractivity contribution in [1.82, 2.24) is 9.97 Å². The van der Waals surface area contributed by atoms with Gasteiger partial charge in [0.05, 0.1) is 0 Å². The summed E-state index contributed by atoms with van der Waals surface area (Å²) in [5.74, 6) is -1.83. The SMILES string of the molecule is O=C1c2ccc3c4c(ccc(c24)C(=O)N1c1ccccn1)C(=O)N(c1ccccn1)C3=O. The second kappa shape index (κ2) is 6.39. The molecule has 0 N–H and O–H groups in total. The molecule has 0 saturated carbocycles. The Kier molecular flexibility index (Phi) is 3.61. The molecule has 32 heavy (non-hydrogen) atoms. The normalized spacial score (nSPS) is 15.0. The van der Waals surface area contributed by atoms with Crippen LogP contribution in [0.25, 0.3) is 10.8 Å². The minimum absolute atomic E-state index is 0.204. The molecular formula is C24H12N4O4. The predicted molar refractivity (Wildman–Crippen MR) is 115 cm³/mol. The van der Waals surface area contributed by atoms with E-state index in [4.69, 9.17) is 0 Å². The lowest BCUT2D eigenvalue weighted by molar-refractivity contribution is 0.0871. The van der Waals surface area contributed by atoms with Crippen LogP contribution < -0.4 is 9.80 Å². The smallest absolute Gasteiger partial charge is 0.267 e. The van der Waals surface area contributed by atoms with E-state index in [1.54, 1.807) is 36.4 Å². The Balaban J connectivity index is 1.59. The van der Waals surface area contributed by atoms with Crippen LogP contribution in [0.5, 0.6) is 0 Å². The molecule has 0 bridgehead atoms. The summed E-state index contributed by atoms with van der Waals surface area (Å²) in [6, 6.07) is 15.9. The standard InChI is InChI=1S/C24H12N4O4/c29-21-13-7-9-15-20-16(24(32)28(23(15)31)18-6-2-4-12-26-18)10-8-14(19(13)20)22(30)27(21)17-5-1-3-11-25-17/h1-12H. The zero-order chi connectivity index (χ0) is 22.0. The molecule has 6 rings (SSSR count). The number of pyridine rings is 2. The molecule has 0 unspecified atom stereocenters. The number of carbonyl (C=O) groups is 4. The van der Waals surface area contributed by atoms with Crippen molar-refractivity contribution >= 4 is 46.0 Å². The van der Waals surface area contributed by atoms with Crippen LogP contribution in [0.1, 0.15) is 41.4 Å². The van der Waals surface area contributed by atoms with Crippen molar-refractivity contribution in [3.63, 3.8) is 0 Å². The van der Waals surface area contributed by atoms with E-state index >= 15 is 0 Å². The zero-order valence-corrected chi connectivity index (χ0v) is 16.4. The van der Waals surface area contributed by atoms with Crippen molar-refractivity contribution in [2.24, 2.45) is 0 Å². The Morgan fingerprint density at radius 1 is 0.469 bits per heavy atom. The van der Waals surface area contributed by atoms with Crippen LogP contribution in [-0.4, -0.2) is 33.6 Å². The molecule has 2 aromatic carbocycles. The molecule has 0 saturated heterocycles. The topological polar surface area (TPSA) is 101 Å². The summed E-state index contributed by atoms with van der Waals surface area (Å²) in [6.07, 6.45) is 2.99. The minimum Gasteiger partial charge on any atom is -0.268 e. The lowest BCUT2D eigenvalue weighted by atomic mass is 9.86. The van der Waals surface area contributed by atoms with E-state index in [2.05, 4.69) is 9.97 Å². The molecule has 8 nitrogen and oxygen atoms in total. The average Bonchev–Trinajstić information content (AvgIpc) is 2.83. The monoisotopic (exact) mass is 420 g/mol. The van der Waals surface area contributed by atoms with Crippen LogP contribution >= 0.6 is 0 Å². The summed E-state index contributed by atoms with van der Waals surface area (Å²) in [7, 11) is 0. The predicted octanol–water partition coefficient (Wildman–Crippen LogP) is 3.23. The third-order valence-electron chi connectivity index (χ3n) is 5.65. The second-order valence-electron chi connectivity index (χ2n) is 7.34. The molecule has 4 heterocycles. The first-order chi connectivity index (χ1) is 15.6. The van der Waals surface area contributed by atoms with Crippen LogP contribution in [0.3, 0.4) is 0 Å². The number of hydrogen-bond donors (Lipinski definition) is 0. The molecule has 2 aliphatic rings. The highest BCUT2D eigenvalue weighted by molar-refractivity contribution is 6.41. The quantitative estimate of drug-likeness (QED) is 0.462. The maximum atomic E-state index is 13.3. The van der Waals surface area contributed by atoms with E-state index in [0.29, 0.717) is 10.8 Å². The number of anilines is 2. The third kappa shape index (κ3) is 2.26. The van der Waals surface area contributed by atoms with Gasteiger partial charge in [-0.25, -0.2) is 19.8 Å². The van der Waals surface area contributed by atoms with Gasteiger partial charge in [-0.1, -0.05) is 12.1 Å². The Labute approximate surface area is 180 Å². The van der Waals surface area contributed by atoms with Crippen LogP contribution in [0.4, 0.5) is 11.6 Å². The van der Waals surface area contributed by atoms with Gasteiger partial charge in [0, 0.05) is 45.4 Å². The number of imide groups is 2. The van der Waals surface area contributed by atoms with E-state index in [9.17, 15) is 19.2 Å². The fraction of sp³-hybridized carbons (Fsp3) is 0. The molecule has 4 amide bonds. The summed E-state index contributed by atoms with van der Waals surface area (Å²) in [5.41, 5.74) is 0.936. The highest BCUT2D eigenvalue weighted by Gasteiger charge is 2.41. The van der Waals surface area contributed by atoms with Crippen LogP contribution in [0.15, 0.2) is 73.1 Å². The Morgan fingerprint density at radius 2 is 0.812 bits per heavy atom. The molecule has 0 fully saturated rings. The number of aromatic nitrogens is 2. The molecule has 0 spiro atoms. The van der Waals surface area contributed by atoms with E-state index in [1.165, 1.54) is 36.7 Å². The van der Waals surface area contributed by atoms with Crippen LogP contribution in [0.2, 0.25) is 0 Å². The maximum Gasteiger partial charge on any atom is 0.267 e. The molecule has 8 heteroatoms. The van der Waals surface area contributed by atoms with Crippen molar-refractivity contribution in [2.75, 3.05) is 9.80 Å². The number of carbonyl (C=O) groups excluding carboxylic acids is 4. The lowest BCUT2D eigenvalue weighted by Crippen LogP contribution is -2.44. The molecule has 0 atom stereocenters. The molecule has 2 aromatic heterocycles. The number of nitrogens with zero attached hydrogens (tertiary/aromatic N) is 4. The number of hydrogen-bond acceptors (Lipinski definition) is 6. The first kappa shape index (κ1) is 18.1. The summed E-state index contributed by atoms with van der Waals surface area (Å²) >= 11 is 0. The van der Waals surface area contributed by atoms with Gasteiger partial charge in [0.25, 0.3) is 23.6 Å². The minimum atomic E-state index is -0.558. The highest BCUT2D eigenvalue weighted by Crippen LogP contribution is 2.39. The fourth-order valence-electron chi connectivity index (χ4n) is 4.26. The number of rotatable bonds is 2. The zero-order valence-electron chi connectivity index (χ0n) is 16.4. The summed E-state index contributed by atoms with van der Waals surface area (Å²) in [5, 5.41) is 0.620. The van der Waals surface area contributed by atoms with Gasteiger partial charge in [-0.3, -0.25) is 19.2 Å². The Bertz CT molecular complexity index is 1310. The molecular weight excluding hydrogens is 408 g/mol. The third-order valence-corrected chi connectivity index (χ3v) is 5.65. The summed E-state index contributed by atoms with van der Waals surface area (Å²) in [6.45, 7) is 0. The van der Waals surface area contributed by atoms with Crippen molar-refractivity contribution in [3.05, 3.63) is 95.3 Å². The number of benzene rings is 2. The van der Waals surface area contributed by atoms with Crippen molar-refractivity contribution in [1.29, 1.82) is 0 Å². The average molecular weight is 420 g/mol. The molecule has 2 aliphatic heterocycles. The van der Waals surface area contributed by atoms with E-state index in [-0.39, 0.29) is 33.9 Å². The van der Waals surface area contributed by atoms with Crippen LogP contribution in [-0.2, 0) is 0 Å². The van der Waals surface area contributed by atoms with Crippen molar-refractivity contribution < 1.29 is 19.2 Å². The van der Waals surface area contributed by atoms with Crippen LogP contribution in [0, 0.1) is 0 Å². The van der Waals surface area contributed by atoms with E-state index in [1.807, 2.05) is 0 Å². The Morgan fingerprint density at radius 3 is 1.09 bits per heavy atom. The molecule has 152 valence electrons. The maximum absolute atomic E-state index is 13.3.